The topological polar surface area (TPSA) is 18.5 Å². The van der Waals surface area contributed by atoms with E-state index in [1.165, 1.54) is 0 Å². The number of para-hydroxylation sites is 1. The van der Waals surface area contributed by atoms with Crippen LogP contribution in [0.3, 0.4) is 0 Å². The third-order valence-corrected chi connectivity index (χ3v) is 2.60. The molecule has 0 saturated carbocycles. The van der Waals surface area contributed by atoms with E-state index < -0.39 is 0 Å². The van der Waals surface area contributed by atoms with E-state index in [9.17, 15) is 0 Å². The summed E-state index contributed by atoms with van der Waals surface area (Å²) in [5.74, 6) is 2.25. The van der Waals surface area contributed by atoms with E-state index in [2.05, 4.69) is 19.9 Å². The van der Waals surface area contributed by atoms with Crippen LogP contribution in [0.4, 0.5) is 0 Å². The molecule has 19 heavy (non-hydrogen) atoms. The van der Waals surface area contributed by atoms with Crippen LogP contribution >= 0.6 is 0 Å². The third-order valence-electron chi connectivity index (χ3n) is 2.60. The molecule has 2 heteroatoms. The van der Waals surface area contributed by atoms with Gasteiger partial charge in [0.25, 0.3) is 0 Å². The molecule has 0 aliphatic carbocycles. The fraction of sp³-hybridized carbons (Fsp3) is 0.294. The lowest BCUT2D eigenvalue weighted by molar-refractivity contribution is 0.0970. The SMILES string of the molecule is CC(C)COCc1cccc(Oc2ccccc2)c1. The Morgan fingerprint density at radius 3 is 2.37 bits per heavy atom. The molecule has 0 aliphatic heterocycles. The van der Waals surface area contributed by atoms with Crippen molar-refractivity contribution in [3.8, 4) is 11.5 Å². The van der Waals surface area contributed by atoms with E-state index in [0.29, 0.717) is 12.5 Å². The Morgan fingerprint density at radius 1 is 0.895 bits per heavy atom. The monoisotopic (exact) mass is 256 g/mol. The van der Waals surface area contributed by atoms with Crippen LogP contribution < -0.4 is 4.74 Å². The molecule has 2 nitrogen and oxygen atoms in total. The number of hydrogen-bond acceptors (Lipinski definition) is 2. The molecule has 0 amide bonds. The minimum atomic E-state index is 0.559. The first-order chi connectivity index (χ1) is 9.24. The Bertz CT molecular complexity index is 492. The lowest BCUT2D eigenvalue weighted by atomic mass is 10.2. The Morgan fingerprint density at radius 2 is 1.63 bits per heavy atom. The largest absolute Gasteiger partial charge is 0.457 e. The van der Waals surface area contributed by atoms with Crippen LogP contribution in [0, 0.1) is 5.92 Å². The molecule has 0 aliphatic rings. The standard InChI is InChI=1S/C17H20O2/c1-14(2)12-18-13-15-7-6-10-17(11-15)19-16-8-4-3-5-9-16/h3-11,14H,12-13H2,1-2H3. The highest BCUT2D eigenvalue weighted by Crippen LogP contribution is 2.22. The van der Waals surface area contributed by atoms with Crippen molar-refractivity contribution in [1.82, 2.24) is 0 Å². The molecule has 2 rings (SSSR count). The molecule has 0 aromatic heterocycles. The number of rotatable bonds is 6. The summed E-state index contributed by atoms with van der Waals surface area (Å²) < 4.78 is 11.4. The Hall–Kier alpha value is -1.80. The van der Waals surface area contributed by atoms with Gasteiger partial charge in [-0.05, 0) is 35.7 Å². The van der Waals surface area contributed by atoms with Gasteiger partial charge in [-0.3, -0.25) is 0 Å². The van der Waals surface area contributed by atoms with Gasteiger partial charge in [-0.25, -0.2) is 0 Å². The van der Waals surface area contributed by atoms with Crippen molar-refractivity contribution in [2.75, 3.05) is 6.61 Å². The van der Waals surface area contributed by atoms with Gasteiger partial charge in [0, 0.05) is 6.61 Å². The predicted molar refractivity (Wildman–Crippen MR) is 77.5 cm³/mol. The first-order valence-corrected chi connectivity index (χ1v) is 6.63. The molecule has 0 radical (unpaired) electrons. The first-order valence-electron chi connectivity index (χ1n) is 6.63. The average molecular weight is 256 g/mol. The van der Waals surface area contributed by atoms with Gasteiger partial charge < -0.3 is 9.47 Å². The fourth-order valence-corrected chi connectivity index (χ4v) is 1.74. The maximum Gasteiger partial charge on any atom is 0.127 e. The fourth-order valence-electron chi connectivity index (χ4n) is 1.74. The van der Waals surface area contributed by atoms with Crippen LogP contribution in [0.2, 0.25) is 0 Å². The normalized spacial score (nSPS) is 10.7. The molecule has 0 N–H and O–H groups in total. The lowest BCUT2D eigenvalue weighted by Crippen LogP contribution is -2.01. The van der Waals surface area contributed by atoms with Gasteiger partial charge >= 0.3 is 0 Å². The molecule has 0 fully saturated rings. The molecule has 100 valence electrons. The molecule has 0 spiro atoms. The van der Waals surface area contributed by atoms with E-state index in [4.69, 9.17) is 9.47 Å². The molecule has 2 aromatic rings. The molecular weight excluding hydrogens is 236 g/mol. The van der Waals surface area contributed by atoms with Gasteiger partial charge in [0.05, 0.1) is 6.61 Å². The predicted octanol–water partition coefficient (Wildman–Crippen LogP) is 4.65. The highest BCUT2D eigenvalue weighted by atomic mass is 16.5. The lowest BCUT2D eigenvalue weighted by Gasteiger charge is -2.09. The zero-order valence-electron chi connectivity index (χ0n) is 11.5. The van der Waals surface area contributed by atoms with Crippen LogP contribution in [0.5, 0.6) is 11.5 Å². The summed E-state index contributed by atoms with van der Waals surface area (Å²) in [5.41, 5.74) is 1.13. The van der Waals surface area contributed by atoms with Crippen molar-refractivity contribution >= 4 is 0 Å². The van der Waals surface area contributed by atoms with Crippen molar-refractivity contribution < 1.29 is 9.47 Å². The van der Waals surface area contributed by atoms with Crippen LogP contribution in [0.1, 0.15) is 19.4 Å². The summed E-state index contributed by atoms with van der Waals surface area (Å²) in [6, 6.07) is 17.8. The average Bonchev–Trinajstić information content (AvgIpc) is 2.40. The maximum atomic E-state index is 5.79. The summed E-state index contributed by atoms with van der Waals surface area (Å²) in [5, 5.41) is 0. The number of benzene rings is 2. The molecular formula is C17H20O2. The van der Waals surface area contributed by atoms with E-state index in [0.717, 1.165) is 23.7 Å². The number of hydrogen-bond donors (Lipinski definition) is 0. The Labute approximate surface area is 115 Å². The van der Waals surface area contributed by atoms with Gasteiger partial charge in [0.15, 0.2) is 0 Å². The summed E-state index contributed by atoms with van der Waals surface area (Å²) in [6.45, 7) is 5.71. The van der Waals surface area contributed by atoms with Gasteiger partial charge in [-0.15, -0.1) is 0 Å². The summed E-state index contributed by atoms with van der Waals surface area (Å²) in [7, 11) is 0. The van der Waals surface area contributed by atoms with Gasteiger partial charge in [0.2, 0.25) is 0 Å². The van der Waals surface area contributed by atoms with Crippen LogP contribution in [0.25, 0.3) is 0 Å². The van der Waals surface area contributed by atoms with Gasteiger partial charge in [-0.2, -0.15) is 0 Å². The molecule has 0 bridgehead atoms. The Balaban J connectivity index is 1.95. The van der Waals surface area contributed by atoms with Crippen molar-refractivity contribution in [2.24, 2.45) is 5.92 Å². The van der Waals surface area contributed by atoms with Crippen molar-refractivity contribution in [3.05, 3.63) is 60.2 Å². The summed E-state index contributed by atoms with van der Waals surface area (Å²) in [4.78, 5) is 0. The van der Waals surface area contributed by atoms with Crippen molar-refractivity contribution in [2.45, 2.75) is 20.5 Å². The minimum Gasteiger partial charge on any atom is -0.457 e. The van der Waals surface area contributed by atoms with Crippen molar-refractivity contribution in [3.63, 3.8) is 0 Å². The first kappa shape index (κ1) is 13.6. The number of ether oxygens (including phenoxy) is 2. The van der Waals surface area contributed by atoms with Crippen LogP contribution in [-0.4, -0.2) is 6.61 Å². The van der Waals surface area contributed by atoms with E-state index in [-0.39, 0.29) is 0 Å². The third kappa shape index (κ3) is 4.76. The molecule has 2 aromatic carbocycles. The second-order valence-corrected chi connectivity index (χ2v) is 4.97. The smallest absolute Gasteiger partial charge is 0.127 e. The van der Waals surface area contributed by atoms with E-state index in [1.807, 2.05) is 48.5 Å². The van der Waals surface area contributed by atoms with Gasteiger partial charge in [-0.1, -0.05) is 44.2 Å². The quantitative estimate of drug-likeness (QED) is 0.749. The zero-order valence-corrected chi connectivity index (χ0v) is 11.5. The second-order valence-electron chi connectivity index (χ2n) is 4.97. The highest BCUT2D eigenvalue weighted by Gasteiger charge is 2.00. The molecule has 0 heterocycles. The molecule has 0 unspecified atom stereocenters. The second kappa shape index (κ2) is 6.95. The highest BCUT2D eigenvalue weighted by molar-refractivity contribution is 5.33. The molecule has 0 saturated heterocycles. The van der Waals surface area contributed by atoms with Crippen molar-refractivity contribution in [1.29, 1.82) is 0 Å². The van der Waals surface area contributed by atoms with E-state index >= 15 is 0 Å². The molecule has 0 atom stereocenters. The summed E-state index contributed by atoms with van der Waals surface area (Å²) >= 11 is 0. The van der Waals surface area contributed by atoms with Crippen LogP contribution in [0.15, 0.2) is 54.6 Å². The van der Waals surface area contributed by atoms with Gasteiger partial charge in [0.1, 0.15) is 11.5 Å². The van der Waals surface area contributed by atoms with Crippen LogP contribution in [-0.2, 0) is 11.3 Å². The maximum absolute atomic E-state index is 5.79. The Kier molecular flexibility index (Phi) is 4.99. The van der Waals surface area contributed by atoms with E-state index in [1.54, 1.807) is 0 Å². The zero-order chi connectivity index (χ0) is 13.5. The minimum absolute atomic E-state index is 0.559. The summed E-state index contributed by atoms with van der Waals surface area (Å²) in [6.07, 6.45) is 0.